The molecule has 0 saturated carbocycles. The van der Waals surface area contributed by atoms with Gasteiger partial charge in [0.15, 0.2) is 0 Å². The molecule has 0 aliphatic carbocycles. The quantitative estimate of drug-likeness (QED) is 0.137. The molecule has 5 heteroatoms. The van der Waals surface area contributed by atoms with Crippen LogP contribution in [0.2, 0.25) is 0 Å². The standard InChI is InChI=1S/C17H10N3.C17H14N.Ir/c1-2-4-12(5-3-1)17-19-11-14-7-6-13-10-18-9-8-15(13)16(14)20-17;1-12-7-13(2)9-16(8-12)17-10-14-5-3-4-6-15(14)11-18-17;/h1-4,6-11H;3-8,10-11H,1-2H3;/q2*-1;. The molecule has 0 unspecified atom stereocenters. The molecule has 0 aliphatic rings. The Hall–Kier alpha value is -4.31. The van der Waals surface area contributed by atoms with E-state index >= 15 is 0 Å². The van der Waals surface area contributed by atoms with Gasteiger partial charge in [0.25, 0.3) is 0 Å². The van der Waals surface area contributed by atoms with E-state index in [-0.39, 0.29) is 20.1 Å². The van der Waals surface area contributed by atoms with Gasteiger partial charge < -0.3 is 4.98 Å². The molecule has 3 heterocycles. The fourth-order valence-corrected chi connectivity index (χ4v) is 4.59. The normalized spacial score (nSPS) is 10.6. The Morgan fingerprint density at radius 3 is 2.28 bits per heavy atom. The third kappa shape index (κ3) is 5.75. The van der Waals surface area contributed by atoms with Crippen LogP contribution in [0.15, 0.2) is 110 Å². The fourth-order valence-electron chi connectivity index (χ4n) is 4.59. The smallest absolute Gasteiger partial charge is 0.0756 e. The average molecular weight is 681 g/mol. The Balaban J connectivity index is 0.000000155. The summed E-state index contributed by atoms with van der Waals surface area (Å²) in [6.45, 7) is 4.17. The average Bonchev–Trinajstić information content (AvgIpc) is 2.97. The fraction of sp³-hybridized carbons (Fsp3) is 0.0588. The van der Waals surface area contributed by atoms with Crippen molar-refractivity contribution in [1.82, 2.24) is 19.9 Å². The molecule has 0 spiro atoms. The molecule has 0 aliphatic heterocycles. The predicted octanol–water partition coefficient (Wildman–Crippen LogP) is 7.96. The molecule has 4 aromatic carbocycles. The molecule has 3 aromatic heterocycles. The first kappa shape index (κ1) is 26.3. The van der Waals surface area contributed by atoms with Crippen molar-refractivity contribution in [3.8, 4) is 22.6 Å². The molecule has 0 amide bonds. The van der Waals surface area contributed by atoms with E-state index in [9.17, 15) is 0 Å². The Kier molecular flexibility index (Phi) is 7.83. The second-order valence-electron chi connectivity index (χ2n) is 9.24. The van der Waals surface area contributed by atoms with Crippen molar-refractivity contribution in [2.75, 3.05) is 0 Å². The number of hydrogen-bond acceptors (Lipinski definition) is 4. The van der Waals surface area contributed by atoms with Crippen molar-refractivity contribution >= 4 is 32.4 Å². The van der Waals surface area contributed by atoms with E-state index in [1.807, 2.05) is 67.1 Å². The van der Waals surface area contributed by atoms with E-state index in [1.165, 1.54) is 16.3 Å². The summed E-state index contributed by atoms with van der Waals surface area (Å²) in [6.07, 6.45) is 7.43. The van der Waals surface area contributed by atoms with Gasteiger partial charge in [0.05, 0.1) is 11.3 Å². The van der Waals surface area contributed by atoms with Crippen molar-refractivity contribution in [3.05, 3.63) is 133 Å². The van der Waals surface area contributed by atoms with Crippen LogP contribution < -0.4 is 0 Å². The number of pyridine rings is 2. The minimum Gasteiger partial charge on any atom is -0.304 e. The first-order chi connectivity index (χ1) is 18.6. The van der Waals surface area contributed by atoms with Gasteiger partial charge in [-0.25, -0.2) is 0 Å². The number of aryl methyl sites for hydroxylation is 2. The van der Waals surface area contributed by atoms with Crippen LogP contribution in [0, 0.1) is 26.0 Å². The first-order valence-corrected chi connectivity index (χ1v) is 12.5. The maximum absolute atomic E-state index is 4.70. The van der Waals surface area contributed by atoms with Gasteiger partial charge in [-0.2, -0.15) is 0 Å². The maximum atomic E-state index is 4.70. The van der Waals surface area contributed by atoms with Crippen LogP contribution in [0.4, 0.5) is 0 Å². The molecule has 0 saturated heterocycles. The van der Waals surface area contributed by atoms with Gasteiger partial charge >= 0.3 is 0 Å². The van der Waals surface area contributed by atoms with Crippen LogP contribution in [0.1, 0.15) is 11.1 Å². The van der Waals surface area contributed by atoms with E-state index in [1.54, 1.807) is 6.20 Å². The predicted molar refractivity (Wildman–Crippen MR) is 155 cm³/mol. The summed E-state index contributed by atoms with van der Waals surface area (Å²) < 4.78 is 0. The van der Waals surface area contributed by atoms with Crippen LogP contribution in [0.3, 0.4) is 0 Å². The number of aromatic nitrogens is 4. The van der Waals surface area contributed by atoms with E-state index in [4.69, 9.17) is 4.98 Å². The monoisotopic (exact) mass is 681 g/mol. The number of benzene rings is 4. The number of fused-ring (bicyclic) bond motifs is 4. The second-order valence-corrected chi connectivity index (χ2v) is 9.24. The van der Waals surface area contributed by atoms with Crippen LogP contribution in [0.25, 0.3) is 55.1 Å². The van der Waals surface area contributed by atoms with E-state index < -0.39 is 0 Å². The van der Waals surface area contributed by atoms with E-state index in [0.29, 0.717) is 5.82 Å². The number of hydrogen-bond donors (Lipinski definition) is 0. The maximum Gasteiger partial charge on any atom is 0.0756 e. The summed E-state index contributed by atoms with van der Waals surface area (Å²) in [5.41, 5.74) is 6.31. The number of nitrogens with zero attached hydrogens (tertiary/aromatic N) is 4. The van der Waals surface area contributed by atoms with Crippen LogP contribution in [-0.4, -0.2) is 19.9 Å². The van der Waals surface area contributed by atoms with Gasteiger partial charge in [0.1, 0.15) is 0 Å². The topological polar surface area (TPSA) is 51.6 Å². The van der Waals surface area contributed by atoms with Crippen molar-refractivity contribution in [2.45, 2.75) is 13.8 Å². The van der Waals surface area contributed by atoms with E-state index in [2.05, 4.69) is 77.3 Å². The molecule has 0 bridgehead atoms. The minimum atomic E-state index is 0. The van der Waals surface area contributed by atoms with Gasteiger partial charge in [-0.15, -0.1) is 70.8 Å². The first-order valence-electron chi connectivity index (χ1n) is 12.5. The Bertz CT molecular complexity index is 1880. The zero-order valence-electron chi connectivity index (χ0n) is 21.5. The zero-order valence-corrected chi connectivity index (χ0v) is 23.9. The van der Waals surface area contributed by atoms with Crippen molar-refractivity contribution in [1.29, 1.82) is 0 Å². The Morgan fingerprint density at radius 1 is 0.667 bits per heavy atom. The van der Waals surface area contributed by atoms with Crippen molar-refractivity contribution in [2.24, 2.45) is 0 Å². The molecule has 1 radical (unpaired) electrons. The van der Waals surface area contributed by atoms with Crippen LogP contribution in [0.5, 0.6) is 0 Å². The molecule has 4 nitrogen and oxygen atoms in total. The SMILES string of the molecule is Cc1[c-]c(-c2cc3ccccc3cn2)cc(C)c1.[Ir].[c-]1ccccc1-c1ncc2ccc3cnccc3c2n1. The molecular formula is C34H24IrN4-2. The molecule has 191 valence electrons. The third-order valence-corrected chi connectivity index (χ3v) is 6.37. The third-order valence-electron chi connectivity index (χ3n) is 6.37. The van der Waals surface area contributed by atoms with Gasteiger partial charge in [-0.3, -0.25) is 15.0 Å². The summed E-state index contributed by atoms with van der Waals surface area (Å²) in [7, 11) is 0. The number of rotatable bonds is 2. The van der Waals surface area contributed by atoms with Gasteiger partial charge in [-0.05, 0) is 22.5 Å². The largest absolute Gasteiger partial charge is 0.304 e. The molecule has 39 heavy (non-hydrogen) atoms. The van der Waals surface area contributed by atoms with Crippen LogP contribution >= 0.6 is 0 Å². The summed E-state index contributed by atoms with van der Waals surface area (Å²) in [5.74, 6) is 0.697. The van der Waals surface area contributed by atoms with Gasteiger partial charge in [0, 0.05) is 61.1 Å². The molecule has 0 fully saturated rings. The molecule has 7 aromatic rings. The van der Waals surface area contributed by atoms with Crippen molar-refractivity contribution in [3.63, 3.8) is 0 Å². The molecule has 0 N–H and O–H groups in total. The van der Waals surface area contributed by atoms with Crippen molar-refractivity contribution < 1.29 is 20.1 Å². The Labute approximate surface area is 241 Å². The summed E-state index contributed by atoms with van der Waals surface area (Å²) >= 11 is 0. The molecule has 0 atom stereocenters. The Morgan fingerprint density at radius 2 is 1.46 bits per heavy atom. The second kappa shape index (κ2) is 11.6. The van der Waals surface area contributed by atoms with Crippen LogP contribution in [-0.2, 0) is 20.1 Å². The summed E-state index contributed by atoms with van der Waals surface area (Å²) in [5, 5.41) is 5.60. The minimum absolute atomic E-state index is 0. The van der Waals surface area contributed by atoms with Gasteiger partial charge in [-0.1, -0.05) is 56.3 Å². The summed E-state index contributed by atoms with van der Waals surface area (Å²) in [4.78, 5) is 17.8. The molecule has 7 rings (SSSR count). The molecular weight excluding hydrogens is 657 g/mol. The van der Waals surface area contributed by atoms with Gasteiger partial charge in [0.2, 0.25) is 0 Å². The zero-order chi connectivity index (χ0) is 25.9. The summed E-state index contributed by atoms with van der Waals surface area (Å²) in [6, 6.07) is 35.0. The van der Waals surface area contributed by atoms with E-state index in [0.717, 1.165) is 44.1 Å².